The standard InChI is InChI=1S/C16H17NO/c18-16(10-11-6-7-13(16)9-11)14-5-1-3-12-4-2-8-17-15(12)14/h1-5,8,11,13,18H,6-7,9-10H2. The Morgan fingerprint density at radius 2 is 2.06 bits per heavy atom. The van der Waals surface area contributed by atoms with Gasteiger partial charge in [0.15, 0.2) is 0 Å². The van der Waals surface area contributed by atoms with Crippen molar-refractivity contribution in [1.82, 2.24) is 4.98 Å². The van der Waals surface area contributed by atoms with Crippen molar-refractivity contribution in [1.29, 1.82) is 0 Å². The van der Waals surface area contributed by atoms with E-state index in [1.807, 2.05) is 18.3 Å². The fourth-order valence-corrected chi connectivity index (χ4v) is 4.08. The molecule has 1 heterocycles. The summed E-state index contributed by atoms with van der Waals surface area (Å²) in [5.41, 5.74) is 1.40. The average Bonchev–Trinajstić information content (AvgIpc) is 2.98. The molecule has 0 aliphatic heterocycles. The Balaban J connectivity index is 1.92. The highest BCUT2D eigenvalue weighted by Gasteiger charge is 2.51. The number of pyridine rings is 1. The summed E-state index contributed by atoms with van der Waals surface area (Å²) in [6, 6.07) is 10.2. The maximum Gasteiger partial charge on any atom is 0.0948 e. The van der Waals surface area contributed by atoms with Crippen LogP contribution in [0.1, 0.15) is 31.2 Å². The van der Waals surface area contributed by atoms with Gasteiger partial charge in [-0.3, -0.25) is 4.98 Å². The van der Waals surface area contributed by atoms with Gasteiger partial charge in [-0.25, -0.2) is 0 Å². The first-order chi connectivity index (χ1) is 8.77. The highest BCUT2D eigenvalue weighted by Crippen LogP contribution is 2.56. The normalized spacial score (nSPS) is 34.3. The van der Waals surface area contributed by atoms with E-state index in [2.05, 4.69) is 23.2 Å². The van der Waals surface area contributed by atoms with Crippen molar-refractivity contribution in [2.24, 2.45) is 11.8 Å². The average molecular weight is 239 g/mol. The molecular weight excluding hydrogens is 222 g/mol. The van der Waals surface area contributed by atoms with Crippen LogP contribution in [0.2, 0.25) is 0 Å². The van der Waals surface area contributed by atoms with E-state index in [0.29, 0.717) is 5.92 Å². The summed E-state index contributed by atoms with van der Waals surface area (Å²) in [6.07, 6.45) is 6.41. The van der Waals surface area contributed by atoms with Crippen molar-refractivity contribution < 1.29 is 5.11 Å². The van der Waals surface area contributed by atoms with Gasteiger partial charge in [0.1, 0.15) is 0 Å². The molecule has 2 nitrogen and oxygen atoms in total. The molecule has 2 bridgehead atoms. The predicted molar refractivity (Wildman–Crippen MR) is 71.1 cm³/mol. The van der Waals surface area contributed by atoms with Gasteiger partial charge in [-0.2, -0.15) is 0 Å². The van der Waals surface area contributed by atoms with Crippen molar-refractivity contribution in [3.63, 3.8) is 0 Å². The molecule has 0 radical (unpaired) electrons. The molecule has 0 spiro atoms. The molecule has 2 aromatic rings. The highest BCUT2D eigenvalue weighted by molar-refractivity contribution is 5.82. The Labute approximate surface area is 107 Å². The molecule has 0 saturated heterocycles. The summed E-state index contributed by atoms with van der Waals surface area (Å²) >= 11 is 0. The number of rotatable bonds is 1. The van der Waals surface area contributed by atoms with E-state index in [1.165, 1.54) is 19.3 Å². The van der Waals surface area contributed by atoms with Gasteiger partial charge in [0.25, 0.3) is 0 Å². The molecule has 1 aromatic carbocycles. The van der Waals surface area contributed by atoms with Crippen molar-refractivity contribution in [3.8, 4) is 0 Å². The Bertz CT molecular complexity index is 604. The van der Waals surface area contributed by atoms with Crippen LogP contribution in [0.3, 0.4) is 0 Å². The number of benzene rings is 1. The van der Waals surface area contributed by atoms with Gasteiger partial charge in [0, 0.05) is 17.1 Å². The molecule has 3 atom stereocenters. The first-order valence-electron chi connectivity index (χ1n) is 6.84. The molecule has 0 amide bonds. The third-order valence-electron chi connectivity index (χ3n) is 4.92. The van der Waals surface area contributed by atoms with Gasteiger partial charge in [-0.15, -0.1) is 0 Å². The summed E-state index contributed by atoms with van der Waals surface area (Å²) in [4.78, 5) is 4.49. The molecule has 18 heavy (non-hydrogen) atoms. The predicted octanol–water partition coefficient (Wildman–Crippen LogP) is 3.24. The number of nitrogens with zero attached hydrogens (tertiary/aromatic N) is 1. The zero-order valence-electron chi connectivity index (χ0n) is 10.3. The molecule has 4 rings (SSSR count). The molecule has 2 aliphatic rings. The minimum atomic E-state index is -0.628. The molecule has 2 saturated carbocycles. The maximum atomic E-state index is 11.1. The number of fused-ring (bicyclic) bond motifs is 3. The lowest BCUT2D eigenvalue weighted by Gasteiger charge is -2.33. The van der Waals surface area contributed by atoms with E-state index in [9.17, 15) is 5.11 Å². The van der Waals surface area contributed by atoms with Crippen molar-refractivity contribution in [2.45, 2.75) is 31.3 Å². The smallest absolute Gasteiger partial charge is 0.0948 e. The van der Waals surface area contributed by atoms with Gasteiger partial charge >= 0.3 is 0 Å². The maximum absolute atomic E-state index is 11.1. The summed E-state index contributed by atoms with van der Waals surface area (Å²) in [7, 11) is 0. The number of hydrogen-bond acceptors (Lipinski definition) is 2. The van der Waals surface area contributed by atoms with Crippen LogP contribution in [0.4, 0.5) is 0 Å². The lowest BCUT2D eigenvalue weighted by molar-refractivity contribution is -0.0170. The topological polar surface area (TPSA) is 33.1 Å². The van der Waals surface area contributed by atoms with E-state index in [0.717, 1.165) is 28.8 Å². The Hall–Kier alpha value is -1.41. The minimum Gasteiger partial charge on any atom is -0.385 e. The van der Waals surface area contributed by atoms with Crippen LogP contribution in [0, 0.1) is 11.8 Å². The van der Waals surface area contributed by atoms with E-state index >= 15 is 0 Å². The van der Waals surface area contributed by atoms with Crippen LogP contribution in [0.25, 0.3) is 10.9 Å². The molecule has 3 unspecified atom stereocenters. The van der Waals surface area contributed by atoms with Crippen molar-refractivity contribution >= 4 is 10.9 Å². The molecule has 1 aromatic heterocycles. The van der Waals surface area contributed by atoms with Gasteiger partial charge < -0.3 is 5.11 Å². The first kappa shape index (κ1) is 10.5. The summed E-state index contributed by atoms with van der Waals surface area (Å²) in [5.74, 6) is 1.16. The Morgan fingerprint density at radius 1 is 1.17 bits per heavy atom. The fourth-order valence-electron chi connectivity index (χ4n) is 4.08. The number of para-hydroxylation sites is 1. The largest absolute Gasteiger partial charge is 0.385 e. The fraction of sp³-hybridized carbons (Fsp3) is 0.438. The lowest BCUT2D eigenvalue weighted by Crippen LogP contribution is -2.32. The van der Waals surface area contributed by atoms with Gasteiger partial charge in [0.2, 0.25) is 0 Å². The monoisotopic (exact) mass is 239 g/mol. The Morgan fingerprint density at radius 3 is 2.83 bits per heavy atom. The molecule has 1 N–H and O–H groups in total. The van der Waals surface area contributed by atoms with Crippen LogP contribution in [-0.2, 0) is 5.60 Å². The van der Waals surface area contributed by atoms with E-state index in [4.69, 9.17) is 0 Å². The third kappa shape index (κ3) is 1.30. The minimum absolute atomic E-state index is 0.440. The molecule has 2 heteroatoms. The van der Waals surface area contributed by atoms with Gasteiger partial charge in [0.05, 0.1) is 11.1 Å². The van der Waals surface area contributed by atoms with Crippen molar-refractivity contribution in [3.05, 3.63) is 42.1 Å². The molecule has 92 valence electrons. The van der Waals surface area contributed by atoms with Crippen LogP contribution >= 0.6 is 0 Å². The zero-order valence-corrected chi connectivity index (χ0v) is 10.3. The first-order valence-corrected chi connectivity index (χ1v) is 6.84. The van der Waals surface area contributed by atoms with E-state index in [1.54, 1.807) is 0 Å². The quantitative estimate of drug-likeness (QED) is 0.828. The van der Waals surface area contributed by atoms with Crippen LogP contribution < -0.4 is 0 Å². The van der Waals surface area contributed by atoms with Crippen LogP contribution in [-0.4, -0.2) is 10.1 Å². The number of aromatic nitrogens is 1. The second-order valence-corrected chi connectivity index (χ2v) is 5.89. The molecular formula is C16H17NO. The summed E-state index contributed by atoms with van der Waals surface area (Å²) < 4.78 is 0. The second kappa shape index (κ2) is 3.55. The third-order valence-corrected chi connectivity index (χ3v) is 4.92. The second-order valence-electron chi connectivity index (χ2n) is 5.89. The van der Waals surface area contributed by atoms with E-state index < -0.39 is 5.60 Å². The summed E-state index contributed by atoms with van der Waals surface area (Å²) in [5, 5.41) is 12.2. The zero-order chi connectivity index (χ0) is 12.2. The number of hydrogen-bond donors (Lipinski definition) is 1. The molecule has 2 aliphatic carbocycles. The van der Waals surface area contributed by atoms with Gasteiger partial charge in [-0.05, 0) is 43.6 Å². The highest BCUT2D eigenvalue weighted by atomic mass is 16.3. The Kier molecular flexibility index (Phi) is 2.07. The lowest BCUT2D eigenvalue weighted by atomic mass is 9.78. The molecule has 2 fully saturated rings. The van der Waals surface area contributed by atoms with Crippen LogP contribution in [0.15, 0.2) is 36.5 Å². The SMILES string of the molecule is OC1(c2cccc3cccnc23)CC2CCC1C2. The van der Waals surface area contributed by atoms with E-state index in [-0.39, 0.29) is 0 Å². The number of aliphatic hydroxyl groups is 1. The van der Waals surface area contributed by atoms with Crippen molar-refractivity contribution in [2.75, 3.05) is 0 Å². The van der Waals surface area contributed by atoms with Gasteiger partial charge in [-0.1, -0.05) is 24.3 Å². The van der Waals surface area contributed by atoms with Crippen LogP contribution in [0.5, 0.6) is 0 Å². The summed E-state index contributed by atoms with van der Waals surface area (Å²) in [6.45, 7) is 0.